The lowest BCUT2D eigenvalue weighted by molar-refractivity contribution is 0.191. The second kappa shape index (κ2) is 9.54. The molecule has 2 amide bonds. The number of piperazine rings is 1. The van der Waals surface area contributed by atoms with E-state index >= 15 is 0 Å². The highest BCUT2D eigenvalue weighted by Crippen LogP contribution is 2.27. The number of hydrogen-bond acceptors (Lipinski definition) is 4. The van der Waals surface area contributed by atoms with Gasteiger partial charge in [0.25, 0.3) is 0 Å². The molecule has 1 aliphatic rings. The summed E-state index contributed by atoms with van der Waals surface area (Å²) in [5.74, 6) is 1.55. The third-order valence-electron chi connectivity index (χ3n) is 5.22. The van der Waals surface area contributed by atoms with Gasteiger partial charge >= 0.3 is 6.03 Å². The standard InChI is InChI=1S/C23H31N3O3/c1-17-15-18(2)22(19(3)16-17)25-10-12-26(13-11-25)23(27)24-9-14-29-21-7-5-20(28-4)6-8-21/h5-8,15-16H,9-14H2,1-4H3,(H,24,27). The second-order valence-electron chi connectivity index (χ2n) is 7.48. The van der Waals surface area contributed by atoms with Crippen molar-refractivity contribution in [2.24, 2.45) is 0 Å². The molecule has 29 heavy (non-hydrogen) atoms. The molecule has 1 fully saturated rings. The number of urea groups is 1. The molecule has 6 heteroatoms. The van der Waals surface area contributed by atoms with E-state index in [1.54, 1.807) is 7.11 Å². The Morgan fingerprint density at radius 3 is 2.14 bits per heavy atom. The average Bonchev–Trinajstić information content (AvgIpc) is 2.71. The molecule has 1 saturated heterocycles. The van der Waals surface area contributed by atoms with Crippen LogP contribution < -0.4 is 19.7 Å². The van der Waals surface area contributed by atoms with Gasteiger partial charge in [0, 0.05) is 31.9 Å². The Morgan fingerprint density at radius 2 is 1.55 bits per heavy atom. The van der Waals surface area contributed by atoms with Crippen molar-refractivity contribution in [2.75, 3.05) is 51.3 Å². The van der Waals surface area contributed by atoms with Gasteiger partial charge in [-0.05, 0) is 56.2 Å². The number of amides is 2. The van der Waals surface area contributed by atoms with Crippen molar-refractivity contribution in [1.82, 2.24) is 10.2 Å². The quantitative estimate of drug-likeness (QED) is 0.758. The summed E-state index contributed by atoms with van der Waals surface area (Å²) in [6.07, 6.45) is 0. The van der Waals surface area contributed by atoms with E-state index in [4.69, 9.17) is 9.47 Å². The molecule has 0 aromatic heterocycles. The lowest BCUT2D eigenvalue weighted by atomic mass is 10.0. The molecule has 0 radical (unpaired) electrons. The normalized spacial score (nSPS) is 13.9. The fraction of sp³-hybridized carbons (Fsp3) is 0.435. The molecular formula is C23H31N3O3. The molecule has 0 atom stereocenters. The predicted octanol–water partition coefficient (Wildman–Crippen LogP) is 3.53. The van der Waals surface area contributed by atoms with Crippen molar-refractivity contribution in [3.63, 3.8) is 0 Å². The van der Waals surface area contributed by atoms with Crippen LogP contribution in [0.1, 0.15) is 16.7 Å². The molecule has 1 N–H and O–H groups in total. The fourth-order valence-electron chi connectivity index (χ4n) is 3.91. The molecule has 0 unspecified atom stereocenters. The number of ether oxygens (including phenoxy) is 2. The number of anilines is 1. The molecule has 6 nitrogen and oxygen atoms in total. The molecule has 0 aliphatic carbocycles. The van der Waals surface area contributed by atoms with E-state index in [0.29, 0.717) is 13.2 Å². The van der Waals surface area contributed by atoms with E-state index in [9.17, 15) is 4.79 Å². The minimum Gasteiger partial charge on any atom is -0.497 e. The van der Waals surface area contributed by atoms with Gasteiger partial charge < -0.3 is 24.6 Å². The molecular weight excluding hydrogens is 366 g/mol. The zero-order chi connectivity index (χ0) is 20.8. The van der Waals surface area contributed by atoms with Crippen molar-refractivity contribution in [1.29, 1.82) is 0 Å². The molecule has 1 heterocycles. The molecule has 3 rings (SSSR count). The van der Waals surface area contributed by atoms with Gasteiger partial charge in [-0.25, -0.2) is 4.79 Å². The monoisotopic (exact) mass is 397 g/mol. The molecule has 0 spiro atoms. The first-order valence-corrected chi connectivity index (χ1v) is 10.1. The van der Waals surface area contributed by atoms with Crippen LogP contribution in [0.25, 0.3) is 0 Å². The number of rotatable bonds is 6. The SMILES string of the molecule is COc1ccc(OCCNC(=O)N2CCN(c3c(C)cc(C)cc3C)CC2)cc1. The van der Waals surface area contributed by atoms with E-state index < -0.39 is 0 Å². The van der Waals surface area contributed by atoms with Crippen LogP contribution in [0.4, 0.5) is 10.5 Å². The van der Waals surface area contributed by atoms with Crippen molar-refractivity contribution in [2.45, 2.75) is 20.8 Å². The lowest BCUT2D eigenvalue weighted by Gasteiger charge is -2.37. The minimum atomic E-state index is -0.0275. The maximum Gasteiger partial charge on any atom is 0.317 e. The summed E-state index contributed by atoms with van der Waals surface area (Å²) in [5.41, 5.74) is 5.20. The van der Waals surface area contributed by atoms with Gasteiger partial charge in [0.2, 0.25) is 0 Å². The van der Waals surface area contributed by atoms with Crippen LogP contribution in [-0.4, -0.2) is 57.4 Å². The zero-order valence-electron chi connectivity index (χ0n) is 17.8. The molecule has 2 aromatic carbocycles. The number of nitrogens with one attached hydrogen (secondary N) is 1. The van der Waals surface area contributed by atoms with Gasteiger partial charge in [-0.1, -0.05) is 17.7 Å². The summed E-state index contributed by atoms with van der Waals surface area (Å²) in [6, 6.07) is 11.8. The van der Waals surface area contributed by atoms with Crippen molar-refractivity contribution < 1.29 is 14.3 Å². The Morgan fingerprint density at radius 1 is 0.966 bits per heavy atom. The molecule has 1 aliphatic heterocycles. The molecule has 0 bridgehead atoms. The van der Waals surface area contributed by atoms with Crippen LogP contribution in [0.2, 0.25) is 0 Å². The predicted molar refractivity (Wildman–Crippen MR) is 116 cm³/mol. The van der Waals surface area contributed by atoms with Crippen LogP contribution in [0.3, 0.4) is 0 Å². The van der Waals surface area contributed by atoms with Crippen LogP contribution in [-0.2, 0) is 0 Å². The van der Waals surface area contributed by atoms with Crippen LogP contribution >= 0.6 is 0 Å². The van der Waals surface area contributed by atoms with E-state index in [0.717, 1.165) is 37.7 Å². The van der Waals surface area contributed by atoms with E-state index in [1.807, 2.05) is 29.2 Å². The van der Waals surface area contributed by atoms with Gasteiger partial charge in [0.05, 0.1) is 13.7 Å². The topological polar surface area (TPSA) is 54.0 Å². The van der Waals surface area contributed by atoms with Crippen LogP contribution in [0.15, 0.2) is 36.4 Å². The van der Waals surface area contributed by atoms with Gasteiger partial charge in [0.1, 0.15) is 18.1 Å². The summed E-state index contributed by atoms with van der Waals surface area (Å²) >= 11 is 0. The van der Waals surface area contributed by atoms with E-state index in [1.165, 1.54) is 22.4 Å². The average molecular weight is 398 g/mol. The molecule has 0 saturated carbocycles. The van der Waals surface area contributed by atoms with Gasteiger partial charge in [-0.3, -0.25) is 0 Å². The maximum absolute atomic E-state index is 12.4. The summed E-state index contributed by atoms with van der Waals surface area (Å²) in [4.78, 5) is 16.7. The number of nitrogens with zero attached hydrogens (tertiary/aromatic N) is 2. The smallest absolute Gasteiger partial charge is 0.317 e. The van der Waals surface area contributed by atoms with Crippen molar-refractivity contribution >= 4 is 11.7 Å². The number of hydrogen-bond donors (Lipinski definition) is 1. The van der Waals surface area contributed by atoms with E-state index in [2.05, 4.69) is 43.1 Å². The third-order valence-corrected chi connectivity index (χ3v) is 5.22. The summed E-state index contributed by atoms with van der Waals surface area (Å²) in [6.45, 7) is 10.5. The van der Waals surface area contributed by atoms with Gasteiger partial charge in [-0.2, -0.15) is 0 Å². The largest absolute Gasteiger partial charge is 0.497 e. The minimum absolute atomic E-state index is 0.0275. The maximum atomic E-state index is 12.4. The van der Waals surface area contributed by atoms with Crippen molar-refractivity contribution in [3.8, 4) is 11.5 Å². The lowest BCUT2D eigenvalue weighted by Crippen LogP contribution is -2.52. The van der Waals surface area contributed by atoms with Gasteiger partial charge in [-0.15, -0.1) is 0 Å². The number of methoxy groups -OCH3 is 1. The zero-order valence-corrected chi connectivity index (χ0v) is 17.8. The summed E-state index contributed by atoms with van der Waals surface area (Å²) < 4.78 is 10.8. The Kier molecular flexibility index (Phi) is 6.86. The number of benzene rings is 2. The number of carbonyl (C=O) groups is 1. The van der Waals surface area contributed by atoms with Crippen LogP contribution in [0.5, 0.6) is 11.5 Å². The Balaban J connectivity index is 1.42. The first-order chi connectivity index (χ1) is 14.0. The Hall–Kier alpha value is -2.89. The first-order valence-electron chi connectivity index (χ1n) is 10.1. The fourth-order valence-corrected chi connectivity index (χ4v) is 3.91. The summed E-state index contributed by atoms with van der Waals surface area (Å²) in [5, 5.41) is 2.95. The molecule has 156 valence electrons. The van der Waals surface area contributed by atoms with E-state index in [-0.39, 0.29) is 6.03 Å². The Bertz CT molecular complexity index is 805. The highest BCUT2D eigenvalue weighted by molar-refractivity contribution is 5.74. The second-order valence-corrected chi connectivity index (χ2v) is 7.48. The summed E-state index contributed by atoms with van der Waals surface area (Å²) in [7, 11) is 1.63. The number of aryl methyl sites for hydroxylation is 3. The Labute approximate surface area is 173 Å². The third kappa shape index (κ3) is 5.34. The highest BCUT2D eigenvalue weighted by Gasteiger charge is 2.22. The first kappa shape index (κ1) is 20.8. The van der Waals surface area contributed by atoms with Gasteiger partial charge in [0.15, 0.2) is 0 Å². The van der Waals surface area contributed by atoms with Crippen molar-refractivity contribution in [3.05, 3.63) is 53.1 Å². The number of carbonyl (C=O) groups excluding carboxylic acids is 1. The highest BCUT2D eigenvalue weighted by atomic mass is 16.5. The van der Waals surface area contributed by atoms with Crippen LogP contribution in [0, 0.1) is 20.8 Å². The molecule has 2 aromatic rings.